The van der Waals surface area contributed by atoms with Crippen LogP contribution in [0, 0.1) is 5.82 Å². The summed E-state index contributed by atoms with van der Waals surface area (Å²) >= 11 is 1.21. The zero-order chi connectivity index (χ0) is 14.5. The normalized spacial score (nSPS) is 11.7. The van der Waals surface area contributed by atoms with Crippen LogP contribution in [-0.4, -0.2) is 17.1 Å². The number of carbonyl (C=O) groups excluding carboxylic acids is 1. The predicted octanol–water partition coefficient (Wildman–Crippen LogP) is 2.83. The van der Waals surface area contributed by atoms with Gasteiger partial charge in [0.1, 0.15) is 5.82 Å². The average molecular weight is 294 g/mol. The molecular weight excluding hydrogens is 283 g/mol. The van der Waals surface area contributed by atoms with Gasteiger partial charge in [0.2, 0.25) is 0 Å². The van der Waals surface area contributed by atoms with E-state index >= 15 is 0 Å². The smallest absolute Gasteiger partial charge is 0.331 e. The number of nitrogens with one attached hydrogen (secondary N) is 2. The minimum absolute atomic E-state index is 0.0136. The summed E-state index contributed by atoms with van der Waals surface area (Å²) in [5, 5.41) is 15.4. The van der Waals surface area contributed by atoms with E-state index in [4.69, 9.17) is 5.11 Å². The lowest BCUT2D eigenvalue weighted by Crippen LogP contribution is -2.36. The summed E-state index contributed by atoms with van der Waals surface area (Å²) in [5.74, 6) is -1.78. The molecule has 0 aliphatic heterocycles. The first-order valence-electron chi connectivity index (χ1n) is 5.66. The lowest BCUT2D eigenvalue weighted by Gasteiger charge is -2.14. The second-order valence-electron chi connectivity index (χ2n) is 3.86. The molecule has 1 aromatic heterocycles. The average Bonchev–Trinajstić information content (AvgIpc) is 2.92. The zero-order valence-corrected chi connectivity index (χ0v) is 11.0. The van der Waals surface area contributed by atoms with Gasteiger partial charge in [-0.2, -0.15) is 0 Å². The first kappa shape index (κ1) is 14.0. The minimum Gasteiger partial charge on any atom is -0.479 e. The van der Waals surface area contributed by atoms with Gasteiger partial charge in [0.05, 0.1) is 5.69 Å². The molecule has 0 aliphatic carbocycles. The van der Waals surface area contributed by atoms with E-state index in [2.05, 4.69) is 10.6 Å². The fourth-order valence-corrected chi connectivity index (χ4v) is 2.33. The van der Waals surface area contributed by atoms with Crippen molar-refractivity contribution in [1.29, 1.82) is 0 Å². The lowest BCUT2D eigenvalue weighted by molar-refractivity contribution is -0.139. The third kappa shape index (κ3) is 3.33. The Kier molecular flexibility index (Phi) is 4.31. The fraction of sp³-hybridized carbons (Fsp3) is 0.0769. The number of amides is 2. The van der Waals surface area contributed by atoms with Gasteiger partial charge in [-0.15, -0.1) is 11.3 Å². The minimum atomic E-state index is -1.18. The predicted molar refractivity (Wildman–Crippen MR) is 73.3 cm³/mol. The van der Waals surface area contributed by atoms with Gasteiger partial charge in [-0.25, -0.2) is 14.0 Å². The Bertz CT molecular complexity index is 616. The molecule has 0 fully saturated rings. The van der Waals surface area contributed by atoms with Gasteiger partial charge in [-0.1, -0.05) is 18.2 Å². The van der Waals surface area contributed by atoms with Gasteiger partial charge in [-0.05, 0) is 23.6 Å². The van der Waals surface area contributed by atoms with Gasteiger partial charge >= 0.3 is 12.0 Å². The van der Waals surface area contributed by atoms with Crippen molar-refractivity contribution >= 4 is 29.0 Å². The maximum absolute atomic E-state index is 13.4. The highest BCUT2D eigenvalue weighted by atomic mass is 32.1. The van der Waals surface area contributed by atoms with Crippen molar-refractivity contribution in [2.75, 3.05) is 5.32 Å². The molecule has 0 spiro atoms. The molecular formula is C13H11FN2O3S. The molecule has 0 saturated heterocycles. The molecule has 3 N–H and O–H groups in total. The maximum Gasteiger partial charge on any atom is 0.331 e. The van der Waals surface area contributed by atoms with Gasteiger partial charge in [0, 0.05) is 4.88 Å². The Balaban J connectivity index is 2.06. The third-order valence-electron chi connectivity index (χ3n) is 2.47. The Hall–Kier alpha value is -2.41. The van der Waals surface area contributed by atoms with Crippen molar-refractivity contribution in [2.24, 2.45) is 0 Å². The summed E-state index contributed by atoms with van der Waals surface area (Å²) in [6, 6.07) is 6.98. The second-order valence-corrected chi connectivity index (χ2v) is 4.84. The van der Waals surface area contributed by atoms with Crippen LogP contribution >= 0.6 is 11.3 Å². The molecule has 2 amide bonds. The van der Waals surface area contributed by atoms with E-state index in [1.54, 1.807) is 23.6 Å². The molecule has 2 rings (SSSR count). The van der Waals surface area contributed by atoms with Crippen LogP contribution in [-0.2, 0) is 4.79 Å². The second kappa shape index (κ2) is 6.16. The van der Waals surface area contributed by atoms with Crippen molar-refractivity contribution in [3.63, 3.8) is 0 Å². The highest BCUT2D eigenvalue weighted by molar-refractivity contribution is 7.10. The van der Waals surface area contributed by atoms with E-state index in [1.165, 1.54) is 29.5 Å². The van der Waals surface area contributed by atoms with E-state index < -0.39 is 23.9 Å². The van der Waals surface area contributed by atoms with Crippen molar-refractivity contribution < 1.29 is 19.1 Å². The molecule has 0 saturated carbocycles. The monoisotopic (exact) mass is 294 g/mol. The fourth-order valence-electron chi connectivity index (χ4n) is 1.56. The number of carboxylic acids is 1. The van der Waals surface area contributed by atoms with Gasteiger partial charge < -0.3 is 15.7 Å². The summed E-state index contributed by atoms with van der Waals surface area (Å²) in [5.41, 5.74) is -0.0136. The molecule has 0 aliphatic rings. The van der Waals surface area contributed by atoms with Gasteiger partial charge in [0.25, 0.3) is 0 Å². The van der Waals surface area contributed by atoms with Crippen molar-refractivity contribution in [3.05, 3.63) is 52.5 Å². The standard InChI is InChI=1S/C13H11FN2O3S/c14-8-4-1-2-5-9(8)15-13(19)16-11(12(17)18)10-6-3-7-20-10/h1-7,11H,(H,17,18)(H2,15,16,19). The van der Waals surface area contributed by atoms with Crippen LogP contribution in [0.25, 0.3) is 0 Å². The Morgan fingerprint density at radius 1 is 1.20 bits per heavy atom. The molecule has 20 heavy (non-hydrogen) atoms. The summed E-state index contributed by atoms with van der Waals surface area (Å²) in [6.07, 6.45) is 0. The van der Waals surface area contributed by atoms with Crippen molar-refractivity contribution in [2.45, 2.75) is 6.04 Å². The molecule has 2 aromatic rings. The topological polar surface area (TPSA) is 78.4 Å². The van der Waals surface area contributed by atoms with E-state index in [1.807, 2.05) is 0 Å². The van der Waals surface area contributed by atoms with Crippen LogP contribution < -0.4 is 10.6 Å². The zero-order valence-electron chi connectivity index (χ0n) is 10.2. The Morgan fingerprint density at radius 3 is 2.55 bits per heavy atom. The number of hydrogen-bond acceptors (Lipinski definition) is 3. The lowest BCUT2D eigenvalue weighted by atomic mass is 10.2. The number of benzene rings is 1. The van der Waals surface area contributed by atoms with Crippen molar-refractivity contribution in [1.82, 2.24) is 5.32 Å². The molecule has 1 unspecified atom stereocenters. The molecule has 1 aromatic carbocycles. The summed E-state index contributed by atoms with van der Waals surface area (Å²) < 4.78 is 13.4. The molecule has 1 heterocycles. The van der Waals surface area contributed by atoms with Crippen LogP contribution in [0.5, 0.6) is 0 Å². The highest BCUT2D eigenvalue weighted by Gasteiger charge is 2.23. The summed E-state index contributed by atoms with van der Waals surface area (Å²) in [7, 11) is 0. The van der Waals surface area contributed by atoms with Crippen LogP contribution in [0.2, 0.25) is 0 Å². The summed E-state index contributed by atoms with van der Waals surface area (Å²) in [6.45, 7) is 0. The first-order valence-corrected chi connectivity index (χ1v) is 6.54. The van der Waals surface area contributed by atoms with E-state index in [0.717, 1.165) is 0 Å². The van der Waals surface area contributed by atoms with E-state index in [9.17, 15) is 14.0 Å². The number of rotatable bonds is 4. The third-order valence-corrected chi connectivity index (χ3v) is 3.41. The van der Waals surface area contributed by atoms with Crippen LogP contribution in [0.15, 0.2) is 41.8 Å². The number of carbonyl (C=O) groups is 2. The molecule has 7 heteroatoms. The SMILES string of the molecule is O=C(Nc1ccccc1F)NC(C(=O)O)c1cccs1. The van der Waals surface area contributed by atoms with Crippen molar-refractivity contribution in [3.8, 4) is 0 Å². The molecule has 0 bridgehead atoms. The number of hydrogen-bond donors (Lipinski definition) is 3. The highest BCUT2D eigenvalue weighted by Crippen LogP contribution is 2.19. The van der Waals surface area contributed by atoms with Crippen LogP contribution in [0.4, 0.5) is 14.9 Å². The number of aliphatic carboxylic acids is 1. The maximum atomic E-state index is 13.4. The number of urea groups is 1. The largest absolute Gasteiger partial charge is 0.479 e. The molecule has 1 atom stereocenters. The quantitative estimate of drug-likeness (QED) is 0.811. The number of anilines is 1. The molecule has 5 nitrogen and oxygen atoms in total. The van der Waals surface area contributed by atoms with E-state index in [-0.39, 0.29) is 5.69 Å². The van der Waals surface area contributed by atoms with Crippen LogP contribution in [0.3, 0.4) is 0 Å². The van der Waals surface area contributed by atoms with E-state index in [0.29, 0.717) is 4.88 Å². The number of carboxylic acid groups (broad SMARTS) is 1. The van der Waals surface area contributed by atoms with Gasteiger partial charge in [0.15, 0.2) is 6.04 Å². The number of para-hydroxylation sites is 1. The first-order chi connectivity index (χ1) is 9.58. The molecule has 0 radical (unpaired) electrons. The Labute approximate surface area is 118 Å². The van der Waals surface area contributed by atoms with Gasteiger partial charge in [-0.3, -0.25) is 0 Å². The molecule has 104 valence electrons. The number of halogens is 1. The summed E-state index contributed by atoms with van der Waals surface area (Å²) in [4.78, 5) is 23.4. The van der Waals surface area contributed by atoms with Crippen LogP contribution in [0.1, 0.15) is 10.9 Å². The Morgan fingerprint density at radius 2 is 1.95 bits per heavy atom. The number of thiophene rings is 1.